The second-order valence-corrected chi connectivity index (χ2v) is 7.52. The number of aromatic nitrogens is 2. The number of nitrogens with one attached hydrogen (secondary N) is 2. The van der Waals surface area contributed by atoms with Crippen LogP contribution in [0.4, 0.5) is 0 Å². The summed E-state index contributed by atoms with van der Waals surface area (Å²) < 4.78 is 1.84. The molecule has 3 heterocycles. The molecule has 2 N–H and O–H groups in total. The monoisotopic (exact) mass is 367 g/mol. The quantitative estimate of drug-likeness (QED) is 0.811. The molecule has 0 bridgehead atoms. The molecule has 0 unspecified atom stereocenters. The number of fused-ring (bicyclic) bond motifs is 1. The molecule has 142 valence electrons. The highest BCUT2D eigenvalue weighted by Gasteiger charge is 2.55. The Labute approximate surface area is 158 Å². The molecule has 0 aliphatic carbocycles. The summed E-state index contributed by atoms with van der Waals surface area (Å²) in [5.41, 5.74) is 1.61. The summed E-state index contributed by atoms with van der Waals surface area (Å²) in [5, 5.41) is 10.8. The lowest BCUT2D eigenvalue weighted by molar-refractivity contribution is -0.132. The molecule has 1 aromatic carbocycles. The molecule has 0 saturated carbocycles. The second kappa shape index (κ2) is 7.15. The molecule has 1 aromatic heterocycles. The van der Waals surface area contributed by atoms with Gasteiger partial charge >= 0.3 is 0 Å². The van der Waals surface area contributed by atoms with Gasteiger partial charge in [-0.3, -0.25) is 9.59 Å². The van der Waals surface area contributed by atoms with Crippen molar-refractivity contribution in [1.82, 2.24) is 25.3 Å². The molecular weight excluding hydrogens is 342 g/mol. The van der Waals surface area contributed by atoms with Crippen LogP contribution >= 0.6 is 0 Å². The first kappa shape index (κ1) is 17.7. The van der Waals surface area contributed by atoms with Crippen LogP contribution in [0.5, 0.6) is 0 Å². The maximum Gasteiger partial charge on any atom is 0.229 e. The van der Waals surface area contributed by atoms with E-state index in [-0.39, 0.29) is 17.7 Å². The molecule has 2 atom stereocenters. The molecule has 2 aromatic rings. The molecule has 2 saturated heterocycles. The Morgan fingerprint density at radius 2 is 2.15 bits per heavy atom. The van der Waals surface area contributed by atoms with Crippen molar-refractivity contribution in [3.8, 4) is 5.69 Å². The summed E-state index contributed by atoms with van der Waals surface area (Å²) in [7, 11) is 0. The molecule has 0 radical (unpaired) electrons. The van der Waals surface area contributed by atoms with Crippen LogP contribution in [0.1, 0.15) is 12.5 Å². The van der Waals surface area contributed by atoms with Crippen LogP contribution in [0.2, 0.25) is 0 Å². The lowest BCUT2D eigenvalue weighted by Crippen LogP contribution is -2.48. The maximum atomic E-state index is 12.9. The fraction of sp³-hybridized carbons (Fsp3) is 0.450. The van der Waals surface area contributed by atoms with Gasteiger partial charge in [-0.15, -0.1) is 0 Å². The average Bonchev–Trinajstić information content (AvgIpc) is 3.36. The van der Waals surface area contributed by atoms with E-state index in [4.69, 9.17) is 0 Å². The van der Waals surface area contributed by atoms with Crippen molar-refractivity contribution < 1.29 is 9.59 Å². The number of benzene rings is 1. The van der Waals surface area contributed by atoms with Crippen LogP contribution in [-0.2, 0) is 16.0 Å². The summed E-state index contributed by atoms with van der Waals surface area (Å²) in [6.07, 6.45) is 4.56. The van der Waals surface area contributed by atoms with Gasteiger partial charge in [0.05, 0.1) is 17.3 Å². The van der Waals surface area contributed by atoms with Crippen LogP contribution in [0.15, 0.2) is 42.7 Å². The van der Waals surface area contributed by atoms with Crippen molar-refractivity contribution in [2.24, 2.45) is 11.3 Å². The van der Waals surface area contributed by atoms with E-state index in [0.717, 1.165) is 24.2 Å². The van der Waals surface area contributed by atoms with Gasteiger partial charge in [0.2, 0.25) is 11.8 Å². The molecule has 0 spiro atoms. The third-order valence-corrected chi connectivity index (χ3v) is 5.78. The van der Waals surface area contributed by atoms with Gasteiger partial charge in [0.1, 0.15) is 0 Å². The molecular formula is C20H25N5O2. The smallest absolute Gasteiger partial charge is 0.229 e. The molecule has 2 fully saturated rings. The highest BCUT2D eigenvalue weighted by molar-refractivity contribution is 5.86. The molecule has 4 rings (SSSR count). The predicted octanol–water partition coefficient (Wildman–Crippen LogP) is 0.599. The number of rotatable bonds is 5. The Bertz CT molecular complexity index is 834. The first-order chi connectivity index (χ1) is 13.1. The number of carbonyl (C=O) groups excluding carboxylic acids is 2. The van der Waals surface area contributed by atoms with Crippen molar-refractivity contribution >= 4 is 11.8 Å². The first-order valence-corrected chi connectivity index (χ1v) is 9.42. The van der Waals surface area contributed by atoms with E-state index < -0.39 is 5.41 Å². The van der Waals surface area contributed by atoms with Gasteiger partial charge < -0.3 is 15.5 Å². The molecule has 7 heteroatoms. The van der Waals surface area contributed by atoms with Crippen molar-refractivity contribution in [2.45, 2.75) is 13.3 Å². The number of likely N-dealkylation sites (tertiary alicyclic amines) is 1. The lowest BCUT2D eigenvalue weighted by Gasteiger charge is -2.26. The van der Waals surface area contributed by atoms with Gasteiger partial charge in [-0.25, -0.2) is 4.68 Å². The zero-order valence-corrected chi connectivity index (χ0v) is 15.5. The van der Waals surface area contributed by atoms with Gasteiger partial charge in [-0.05, 0) is 24.1 Å². The highest BCUT2D eigenvalue weighted by Crippen LogP contribution is 2.39. The third kappa shape index (κ3) is 3.35. The number of para-hydroxylation sites is 1. The van der Waals surface area contributed by atoms with Gasteiger partial charge in [-0.1, -0.05) is 18.2 Å². The van der Waals surface area contributed by atoms with E-state index in [2.05, 4.69) is 15.7 Å². The van der Waals surface area contributed by atoms with E-state index >= 15 is 0 Å². The zero-order chi connectivity index (χ0) is 18.9. The number of amides is 2. The SMILES string of the molecule is CC(=O)N1C[C@H]2CNC[C@@]2(C(=O)NCCc2cnn(-c3ccccc3)c2)C1. The van der Waals surface area contributed by atoms with Gasteiger partial charge in [0.25, 0.3) is 0 Å². The Balaban J connectivity index is 1.35. The van der Waals surface area contributed by atoms with Gasteiger partial charge in [0.15, 0.2) is 0 Å². The average molecular weight is 367 g/mol. The topological polar surface area (TPSA) is 79.3 Å². The summed E-state index contributed by atoms with van der Waals surface area (Å²) in [6.45, 7) is 4.75. The van der Waals surface area contributed by atoms with Crippen LogP contribution in [0, 0.1) is 11.3 Å². The van der Waals surface area contributed by atoms with Crippen molar-refractivity contribution in [1.29, 1.82) is 0 Å². The van der Waals surface area contributed by atoms with Crippen LogP contribution in [-0.4, -0.2) is 59.2 Å². The Morgan fingerprint density at radius 1 is 1.33 bits per heavy atom. The fourth-order valence-corrected chi connectivity index (χ4v) is 4.19. The van der Waals surface area contributed by atoms with Crippen molar-refractivity contribution in [3.63, 3.8) is 0 Å². The van der Waals surface area contributed by atoms with Crippen molar-refractivity contribution in [3.05, 3.63) is 48.3 Å². The summed E-state index contributed by atoms with van der Waals surface area (Å²) in [4.78, 5) is 26.4. The first-order valence-electron chi connectivity index (χ1n) is 9.42. The van der Waals surface area contributed by atoms with Crippen molar-refractivity contribution in [2.75, 3.05) is 32.7 Å². The van der Waals surface area contributed by atoms with Crippen LogP contribution in [0.3, 0.4) is 0 Å². The standard InChI is InChI=1S/C20H25N5O2/c1-15(26)24-12-17-10-21-13-20(17,14-24)19(27)22-8-7-16-9-23-25(11-16)18-5-3-2-4-6-18/h2-6,9,11,17,21H,7-8,10,12-14H2,1H3,(H,22,27)/t17-,20-/m1/s1. The minimum absolute atomic E-state index is 0.0462. The second-order valence-electron chi connectivity index (χ2n) is 7.52. The largest absolute Gasteiger partial charge is 0.355 e. The number of hydrogen-bond acceptors (Lipinski definition) is 4. The minimum Gasteiger partial charge on any atom is -0.355 e. The van der Waals surface area contributed by atoms with Gasteiger partial charge in [0, 0.05) is 51.8 Å². The normalized spacial score (nSPS) is 24.0. The third-order valence-electron chi connectivity index (χ3n) is 5.78. The zero-order valence-electron chi connectivity index (χ0n) is 15.5. The minimum atomic E-state index is -0.486. The lowest BCUT2D eigenvalue weighted by atomic mass is 9.80. The Morgan fingerprint density at radius 3 is 2.93 bits per heavy atom. The van der Waals surface area contributed by atoms with E-state index in [1.54, 1.807) is 11.8 Å². The summed E-state index contributed by atoms with van der Waals surface area (Å²) >= 11 is 0. The van der Waals surface area contributed by atoms with E-state index in [1.165, 1.54) is 0 Å². The molecule has 2 aliphatic heterocycles. The molecule has 2 aliphatic rings. The van der Waals surface area contributed by atoms with E-state index in [9.17, 15) is 9.59 Å². The summed E-state index contributed by atoms with van der Waals surface area (Å²) in [6, 6.07) is 9.95. The number of hydrogen-bond donors (Lipinski definition) is 2. The van der Waals surface area contributed by atoms with Crippen LogP contribution < -0.4 is 10.6 Å². The molecule has 7 nitrogen and oxygen atoms in total. The number of nitrogens with zero attached hydrogens (tertiary/aromatic N) is 3. The summed E-state index contributed by atoms with van der Waals surface area (Å²) in [5.74, 6) is 0.295. The van der Waals surface area contributed by atoms with Crippen LogP contribution in [0.25, 0.3) is 5.69 Å². The van der Waals surface area contributed by atoms with E-state index in [1.807, 2.05) is 47.4 Å². The molecule has 2 amide bonds. The number of carbonyl (C=O) groups is 2. The van der Waals surface area contributed by atoms with Gasteiger partial charge in [-0.2, -0.15) is 5.10 Å². The predicted molar refractivity (Wildman–Crippen MR) is 101 cm³/mol. The highest BCUT2D eigenvalue weighted by atomic mass is 16.2. The fourth-order valence-electron chi connectivity index (χ4n) is 4.19. The Hall–Kier alpha value is -2.67. The molecule has 27 heavy (non-hydrogen) atoms. The Kier molecular flexibility index (Phi) is 4.70. The van der Waals surface area contributed by atoms with E-state index in [0.29, 0.717) is 26.2 Å². The maximum absolute atomic E-state index is 12.9.